The van der Waals surface area contributed by atoms with Crippen molar-refractivity contribution in [2.45, 2.75) is 32.1 Å². The minimum atomic E-state index is -0.267. The van der Waals surface area contributed by atoms with Crippen LogP contribution < -0.4 is 24.8 Å². The molecule has 2 aromatic rings. The Balaban J connectivity index is 1.62. The second kappa shape index (κ2) is 9.54. The molecule has 1 aliphatic rings. The van der Waals surface area contributed by atoms with Gasteiger partial charge in [0, 0.05) is 30.5 Å². The largest absolute Gasteiger partial charge is 0.496 e. The number of ether oxygens (including phenoxy) is 3. The lowest BCUT2D eigenvalue weighted by Gasteiger charge is -2.20. The molecule has 1 aliphatic carbocycles. The van der Waals surface area contributed by atoms with Crippen LogP contribution in [0.25, 0.3) is 10.9 Å². The third-order valence-electron chi connectivity index (χ3n) is 5.37. The molecule has 3 rings (SSSR count). The van der Waals surface area contributed by atoms with E-state index in [0.717, 1.165) is 31.1 Å². The second-order valence-electron chi connectivity index (χ2n) is 7.17. The number of aromatic amines is 1. The number of nitrogens with one attached hydrogen (secondary N) is 3. The number of aromatic nitrogens is 1. The van der Waals surface area contributed by atoms with Gasteiger partial charge in [-0.05, 0) is 18.9 Å². The van der Waals surface area contributed by atoms with Gasteiger partial charge in [-0.3, -0.25) is 9.59 Å². The lowest BCUT2D eigenvalue weighted by molar-refractivity contribution is -0.125. The van der Waals surface area contributed by atoms with Crippen LogP contribution in [0.2, 0.25) is 0 Å². The zero-order chi connectivity index (χ0) is 20.8. The lowest BCUT2D eigenvalue weighted by Crippen LogP contribution is -2.38. The molecule has 0 unspecified atom stereocenters. The number of amides is 2. The van der Waals surface area contributed by atoms with Crippen molar-refractivity contribution in [3.8, 4) is 17.2 Å². The van der Waals surface area contributed by atoms with Crippen LogP contribution in [-0.2, 0) is 4.79 Å². The Kier molecular flexibility index (Phi) is 6.85. The number of carbonyl (C=O) groups is 2. The quantitative estimate of drug-likeness (QED) is 0.588. The third-order valence-corrected chi connectivity index (χ3v) is 5.37. The van der Waals surface area contributed by atoms with Crippen LogP contribution in [0, 0.1) is 5.92 Å². The normalized spacial score (nSPS) is 14.4. The van der Waals surface area contributed by atoms with Crippen molar-refractivity contribution >= 4 is 22.7 Å². The average molecular weight is 403 g/mol. The Bertz CT molecular complexity index is 871. The van der Waals surface area contributed by atoms with Gasteiger partial charge in [-0.25, -0.2) is 0 Å². The Hall–Kier alpha value is -2.90. The fraction of sp³-hybridized carbons (Fsp3) is 0.524. The Morgan fingerprint density at radius 1 is 0.966 bits per heavy atom. The lowest BCUT2D eigenvalue weighted by atomic mass is 9.89. The van der Waals surface area contributed by atoms with E-state index in [0.29, 0.717) is 41.5 Å². The molecule has 0 bridgehead atoms. The summed E-state index contributed by atoms with van der Waals surface area (Å²) in [5.74, 6) is 1.52. The number of fused-ring (bicyclic) bond motifs is 1. The van der Waals surface area contributed by atoms with Gasteiger partial charge in [0.15, 0.2) is 11.5 Å². The van der Waals surface area contributed by atoms with E-state index in [1.165, 1.54) is 6.42 Å². The van der Waals surface area contributed by atoms with Gasteiger partial charge in [0.1, 0.15) is 11.4 Å². The molecule has 3 N–H and O–H groups in total. The maximum atomic E-state index is 12.5. The highest BCUT2D eigenvalue weighted by molar-refractivity contribution is 6.02. The molecule has 8 heteroatoms. The standard InChI is InChI=1S/C21H29N3O5/c1-27-16-12-17(28-2)19(29-3)18-14(16)11-15(24-18)21(26)23-10-9-22-20(25)13-7-5-4-6-8-13/h11-13,24H,4-10H2,1-3H3,(H,22,25)(H,23,26). The fourth-order valence-electron chi connectivity index (χ4n) is 3.83. The molecule has 0 aliphatic heterocycles. The predicted molar refractivity (Wildman–Crippen MR) is 110 cm³/mol. The van der Waals surface area contributed by atoms with Crippen molar-refractivity contribution in [2.24, 2.45) is 5.92 Å². The summed E-state index contributed by atoms with van der Waals surface area (Å²) in [6.07, 6.45) is 5.37. The van der Waals surface area contributed by atoms with E-state index in [9.17, 15) is 9.59 Å². The summed E-state index contributed by atoms with van der Waals surface area (Å²) in [6, 6.07) is 3.43. The van der Waals surface area contributed by atoms with Crippen LogP contribution in [0.4, 0.5) is 0 Å². The maximum absolute atomic E-state index is 12.5. The topological polar surface area (TPSA) is 102 Å². The third kappa shape index (κ3) is 4.58. The van der Waals surface area contributed by atoms with Crippen molar-refractivity contribution in [3.63, 3.8) is 0 Å². The van der Waals surface area contributed by atoms with E-state index in [2.05, 4.69) is 15.6 Å². The zero-order valence-electron chi connectivity index (χ0n) is 17.2. The molecule has 2 amide bonds. The Morgan fingerprint density at radius 2 is 1.66 bits per heavy atom. The van der Waals surface area contributed by atoms with Gasteiger partial charge >= 0.3 is 0 Å². The number of H-pyrrole nitrogens is 1. The van der Waals surface area contributed by atoms with Crippen molar-refractivity contribution in [1.82, 2.24) is 15.6 Å². The van der Waals surface area contributed by atoms with Crippen LogP contribution >= 0.6 is 0 Å². The zero-order valence-corrected chi connectivity index (χ0v) is 17.2. The first-order valence-electron chi connectivity index (χ1n) is 9.96. The summed E-state index contributed by atoms with van der Waals surface area (Å²) in [7, 11) is 4.64. The molecule has 8 nitrogen and oxygen atoms in total. The molecule has 1 fully saturated rings. The van der Waals surface area contributed by atoms with Gasteiger partial charge in [0.2, 0.25) is 5.91 Å². The summed E-state index contributed by atoms with van der Waals surface area (Å²) in [5, 5.41) is 6.46. The monoisotopic (exact) mass is 403 g/mol. The molecule has 158 valence electrons. The van der Waals surface area contributed by atoms with Crippen LogP contribution in [0.3, 0.4) is 0 Å². The summed E-state index contributed by atoms with van der Waals surface area (Å²) in [6.45, 7) is 0.756. The Labute approximate surface area is 170 Å². The summed E-state index contributed by atoms with van der Waals surface area (Å²) < 4.78 is 16.2. The highest BCUT2D eigenvalue weighted by Gasteiger charge is 2.21. The molecular weight excluding hydrogens is 374 g/mol. The minimum Gasteiger partial charge on any atom is -0.496 e. The van der Waals surface area contributed by atoms with Crippen LogP contribution in [0.1, 0.15) is 42.6 Å². The first-order valence-corrected chi connectivity index (χ1v) is 9.96. The average Bonchev–Trinajstić information content (AvgIpc) is 3.21. The molecule has 0 radical (unpaired) electrons. The van der Waals surface area contributed by atoms with Gasteiger partial charge in [0.05, 0.1) is 26.8 Å². The summed E-state index contributed by atoms with van der Waals surface area (Å²) in [4.78, 5) is 27.8. The van der Waals surface area contributed by atoms with E-state index in [1.54, 1.807) is 33.5 Å². The van der Waals surface area contributed by atoms with Gasteiger partial charge < -0.3 is 29.8 Å². The molecule has 29 heavy (non-hydrogen) atoms. The smallest absolute Gasteiger partial charge is 0.267 e. The number of hydrogen-bond donors (Lipinski definition) is 3. The van der Waals surface area contributed by atoms with Gasteiger partial charge in [-0.1, -0.05) is 19.3 Å². The SMILES string of the molecule is COc1cc(OC)c2cc(C(=O)NCCNC(=O)C3CCCCC3)[nH]c2c1OC. The number of methoxy groups -OCH3 is 3. The fourth-order valence-corrected chi connectivity index (χ4v) is 3.83. The first-order chi connectivity index (χ1) is 14.1. The summed E-state index contributed by atoms with van der Waals surface area (Å²) in [5.41, 5.74) is 1.00. The van der Waals surface area contributed by atoms with E-state index in [1.807, 2.05) is 0 Å². The minimum absolute atomic E-state index is 0.0890. The van der Waals surface area contributed by atoms with Crippen molar-refractivity contribution < 1.29 is 23.8 Å². The van der Waals surface area contributed by atoms with Crippen molar-refractivity contribution in [3.05, 3.63) is 17.8 Å². The van der Waals surface area contributed by atoms with Crippen molar-refractivity contribution in [2.75, 3.05) is 34.4 Å². The number of carbonyl (C=O) groups excluding carboxylic acids is 2. The Morgan fingerprint density at radius 3 is 2.31 bits per heavy atom. The van der Waals surface area contributed by atoms with Crippen molar-refractivity contribution in [1.29, 1.82) is 0 Å². The molecule has 1 saturated carbocycles. The van der Waals surface area contributed by atoms with Crippen LogP contribution in [-0.4, -0.2) is 51.2 Å². The summed E-state index contributed by atoms with van der Waals surface area (Å²) >= 11 is 0. The molecular formula is C21H29N3O5. The number of rotatable bonds is 8. The van der Waals surface area contributed by atoms with Gasteiger partial charge in [-0.2, -0.15) is 0 Å². The molecule has 0 spiro atoms. The van der Waals surface area contributed by atoms with E-state index in [-0.39, 0.29) is 17.7 Å². The second-order valence-corrected chi connectivity index (χ2v) is 7.17. The number of hydrogen-bond acceptors (Lipinski definition) is 5. The first kappa shape index (κ1) is 20.8. The van der Waals surface area contributed by atoms with E-state index >= 15 is 0 Å². The van der Waals surface area contributed by atoms with E-state index in [4.69, 9.17) is 14.2 Å². The molecule has 1 aromatic heterocycles. The van der Waals surface area contributed by atoms with Crippen LogP contribution in [0.5, 0.6) is 17.2 Å². The van der Waals surface area contributed by atoms with E-state index < -0.39 is 0 Å². The number of benzene rings is 1. The van der Waals surface area contributed by atoms with Crippen LogP contribution in [0.15, 0.2) is 12.1 Å². The highest BCUT2D eigenvalue weighted by Crippen LogP contribution is 2.41. The highest BCUT2D eigenvalue weighted by atomic mass is 16.5. The van der Waals surface area contributed by atoms with Gasteiger partial charge in [0.25, 0.3) is 5.91 Å². The maximum Gasteiger partial charge on any atom is 0.267 e. The molecule has 0 atom stereocenters. The molecule has 1 heterocycles. The van der Waals surface area contributed by atoms with Gasteiger partial charge in [-0.15, -0.1) is 0 Å². The predicted octanol–water partition coefficient (Wildman–Crippen LogP) is 2.62. The molecule has 0 saturated heterocycles. The molecule has 1 aromatic carbocycles.